The standard InChI is InChI=1S/C21H33N5/c1-18(15-22-4)7-6-12-25-13-14-26(17-25)21-16-24-20(3)8-5-10-23-11-9-19(21)2/h6-7,9,11,15-16,22,24H,3,5,8,10,12-14,17H2,1-2,4H3/b7-6-,18-15-,19-9?,21-16?,23-11?. The molecule has 2 rings (SSSR count). The Morgan fingerprint density at radius 3 is 3.08 bits per heavy atom. The first-order valence-corrected chi connectivity index (χ1v) is 9.39. The van der Waals surface area contributed by atoms with Crippen molar-refractivity contribution in [3.05, 3.63) is 59.7 Å². The van der Waals surface area contributed by atoms with Crippen LogP contribution in [0.25, 0.3) is 0 Å². The van der Waals surface area contributed by atoms with Crippen molar-refractivity contribution in [3.63, 3.8) is 0 Å². The second kappa shape index (κ2) is 10.7. The monoisotopic (exact) mass is 355 g/mol. The fourth-order valence-electron chi connectivity index (χ4n) is 3.06. The van der Waals surface area contributed by atoms with Gasteiger partial charge in [0.25, 0.3) is 0 Å². The minimum absolute atomic E-state index is 0.852. The summed E-state index contributed by atoms with van der Waals surface area (Å²) >= 11 is 0. The molecule has 0 aromatic rings. The van der Waals surface area contributed by atoms with Gasteiger partial charge in [-0.05, 0) is 50.1 Å². The molecule has 0 bridgehead atoms. The average molecular weight is 356 g/mol. The summed E-state index contributed by atoms with van der Waals surface area (Å²) in [6.07, 6.45) is 14.5. The quantitative estimate of drug-likeness (QED) is 0.744. The fraction of sp³-hybridized carbons (Fsp3) is 0.476. The Kier molecular flexibility index (Phi) is 8.22. The Balaban J connectivity index is 2.01. The lowest BCUT2D eigenvalue weighted by Crippen LogP contribution is -2.26. The molecule has 2 heterocycles. The first kappa shape index (κ1) is 20.0. The van der Waals surface area contributed by atoms with Gasteiger partial charge in [-0.3, -0.25) is 9.89 Å². The molecule has 0 spiro atoms. The van der Waals surface area contributed by atoms with E-state index in [0.29, 0.717) is 0 Å². The largest absolute Gasteiger partial charge is 0.394 e. The Morgan fingerprint density at radius 2 is 2.27 bits per heavy atom. The Labute approximate surface area is 158 Å². The number of allylic oxidation sites excluding steroid dienone is 5. The van der Waals surface area contributed by atoms with E-state index in [2.05, 4.69) is 70.3 Å². The van der Waals surface area contributed by atoms with Gasteiger partial charge in [-0.25, -0.2) is 0 Å². The molecule has 2 N–H and O–H groups in total. The predicted octanol–water partition coefficient (Wildman–Crippen LogP) is 3.00. The zero-order valence-electron chi connectivity index (χ0n) is 16.5. The van der Waals surface area contributed by atoms with Crippen LogP contribution < -0.4 is 10.6 Å². The number of nitrogens with zero attached hydrogens (tertiary/aromatic N) is 3. The summed E-state index contributed by atoms with van der Waals surface area (Å²) in [7, 11) is 1.92. The minimum Gasteiger partial charge on any atom is -0.394 e. The van der Waals surface area contributed by atoms with Crippen molar-refractivity contribution in [1.29, 1.82) is 0 Å². The molecule has 2 aliphatic rings. The van der Waals surface area contributed by atoms with Crippen LogP contribution in [0.5, 0.6) is 0 Å². The molecule has 0 aromatic heterocycles. The molecule has 2 aliphatic heterocycles. The van der Waals surface area contributed by atoms with Crippen LogP contribution in [0, 0.1) is 0 Å². The van der Waals surface area contributed by atoms with Gasteiger partial charge in [0.1, 0.15) is 0 Å². The smallest absolute Gasteiger partial charge is 0.0711 e. The second-order valence-corrected chi connectivity index (χ2v) is 6.85. The van der Waals surface area contributed by atoms with E-state index in [4.69, 9.17) is 0 Å². The van der Waals surface area contributed by atoms with E-state index in [1.807, 2.05) is 19.5 Å². The van der Waals surface area contributed by atoms with Crippen LogP contribution in [0.15, 0.2) is 64.7 Å². The first-order valence-electron chi connectivity index (χ1n) is 9.39. The van der Waals surface area contributed by atoms with E-state index in [0.717, 1.165) is 51.4 Å². The summed E-state index contributed by atoms with van der Waals surface area (Å²) < 4.78 is 0. The Bertz CT molecular complexity index is 624. The van der Waals surface area contributed by atoms with Crippen molar-refractivity contribution in [2.75, 3.05) is 39.9 Å². The van der Waals surface area contributed by atoms with Gasteiger partial charge in [0.15, 0.2) is 0 Å². The number of nitrogens with one attached hydrogen (secondary N) is 2. The van der Waals surface area contributed by atoms with Crippen molar-refractivity contribution < 1.29 is 0 Å². The fourth-order valence-corrected chi connectivity index (χ4v) is 3.06. The van der Waals surface area contributed by atoms with Gasteiger partial charge in [0, 0.05) is 51.3 Å². The van der Waals surface area contributed by atoms with Crippen LogP contribution in [0.4, 0.5) is 0 Å². The normalized spacial score (nSPS) is 20.7. The van der Waals surface area contributed by atoms with Gasteiger partial charge in [0.2, 0.25) is 0 Å². The Hall–Kier alpha value is -2.27. The number of aliphatic imine (C=N–C) groups is 1. The maximum atomic E-state index is 4.46. The maximum Gasteiger partial charge on any atom is 0.0711 e. The zero-order chi connectivity index (χ0) is 18.8. The van der Waals surface area contributed by atoms with E-state index in [1.165, 1.54) is 16.8 Å². The maximum absolute atomic E-state index is 4.46. The lowest BCUT2D eigenvalue weighted by molar-refractivity contribution is 0.303. The van der Waals surface area contributed by atoms with Gasteiger partial charge in [-0.2, -0.15) is 0 Å². The summed E-state index contributed by atoms with van der Waals surface area (Å²) in [5.41, 5.74) is 4.73. The third-order valence-electron chi connectivity index (χ3n) is 4.53. The van der Waals surface area contributed by atoms with Gasteiger partial charge >= 0.3 is 0 Å². The molecule has 0 saturated carbocycles. The molecular formula is C21H33N5. The SMILES string of the molecule is C=C1CCCN=CC=C(C)C(N2CCN(C/C=C\C(C)=C/NC)C2)=CN1. The lowest BCUT2D eigenvalue weighted by Gasteiger charge is -2.23. The van der Waals surface area contributed by atoms with Gasteiger partial charge in [-0.1, -0.05) is 18.7 Å². The van der Waals surface area contributed by atoms with Crippen molar-refractivity contribution in [2.24, 2.45) is 4.99 Å². The predicted molar refractivity (Wildman–Crippen MR) is 112 cm³/mol. The first-order chi connectivity index (χ1) is 12.6. The number of hydrogen-bond acceptors (Lipinski definition) is 5. The minimum atomic E-state index is 0.852. The summed E-state index contributed by atoms with van der Waals surface area (Å²) in [6.45, 7) is 13.2. The molecule has 5 nitrogen and oxygen atoms in total. The van der Waals surface area contributed by atoms with E-state index in [1.54, 1.807) is 0 Å². The molecule has 0 amide bonds. The molecule has 26 heavy (non-hydrogen) atoms. The van der Waals surface area contributed by atoms with Crippen LogP contribution in [0.3, 0.4) is 0 Å². The third-order valence-corrected chi connectivity index (χ3v) is 4.53. The van der Waals surface area contributed by atoms with Gasteiger partial charge < -0.3 is 15.5 Å². The van der Waals surface area contributed by atoms with Crippen LogP contribution in [0.2, 0.25) is 0 Å². The molecule has 0 atom stereocenters. The number of hydrogen-bond donors (Lipinski definition) is 2. The second-order valence-electron chi connectivity index (χ2n) is 6.85. The van der Waals surface area contributed by atoms with Crippen molar-refractivity contribution in [1.82, 2.24) is 20.4 Å². The molecule has 1 fully saturated rings. The highest BCUT2D eigenvalue weighted by atomic mass is 15.4. The third kappa shape index (κ3) is 6.56. The number of rotatable bonds is 5. The highest BCUT2D eigenvalue weighted by molar-refractivity contribution is 5.73. The summed E-state index contributed by atoms with van der Waals surface area (Å²) in [5, 5.41) is 6.44. The summed E-state index contributed by atoms with van der Waals surface area (Å²) in [5.74, 6) is 0. The van der Waals surface area contributed by atoms with Gasteiger partial charge in [-0.15, -0.1) is 0 Å². The van der Waals surface area contributed by atoms with E-state index in [9.17, 15) is 0 Å². The van der Waals surface area contributed by atoms with Crippen molar-refractivity contribution in [3.8, 4) is 0 Å². The summed E-state index contributed by atoms with van der Waals surface area (Å²) in [4.78, 5) is 9.33. The van der Waals surface area contributed by atoms with Gasteiger partial charge in [0.05, 0.1) is 12.4 Å². The van der Waals surface area contributed by atoms with Crippen molar-refractivity contribution in [2.45, 2.75) is 26.7 Å². The molecule has 0 unspecified atom stereocenters. The molecule has 0 aliphatic carbocycles. The molecule has 0 radical (unpaired) electrons. The highest BCUT2D eigenvalue weighted by Gasteiger charge is 2.21. The van der Waals surface area contributed by atoms with Crippen molar-refractivity contribution >= 4 is 6.21 Å². The highest BCUT2D eigenvalue weighted by Crippen LogP contribution is 2.19. The van der Waals surface area contributed by atoms with Crippen LogP contribution >= 0.6 is 0 Å². The molecule has 1 saturated heterocycles. The summed E-state index contributed by atoms with van der Waals surface area (Å²) in [6, 6.07) is 0. The van der Waals surface area contributed by atoms with Crippen LogP contribution in [0.1, 0.15) is 26.7 Å². The topological polar surface area (TPSA) is 42.9 Å². The molecule has 142 valence electrons. The van der Waals surface area contributed by atoms with E-state index in [-0.39, 0.29) is 0 Å². The van der Waals surface area contributed by atoms with Crippen LogP contribution in [-0.4, -0.2) is 55.9 Å². The lowest BCUT2D eigenvalue weighted by atomic mass is 10.2. The molecule has 5 heteroatoms. The molecular weight excluding hydrogens is 322 g/mol. The zero-order valence-corrected chi connectivity index (χ0v) is 16.5. The van der Waals surface area contributed by atoms with Crippen LogP contribution in [-0.2, 0) is 0 Å². The van der Waals surface area contributed by atoms with E-state index < -0.39 is 0 Å². The van der Waals surface area contributed by atoms with E-state index >= 15 is 0 Å². The molecule has 0 aromatic carbocycles. The average Bonchev–Trinajstić information content (AvgIpc) is 3.05. The Morgan fingerprint density at radius 1 is 1.42 bits per heavy atom.